The van der Waals surface area contributed by atoms with Crippen molar-refractivity contribution in [1.29, 1.82) is 0 Å². The lowest BCUT2D eigenvalue weighted by Crippen LogP contribution is -2.05. The summed E-state index contributed by atoms with van der Waals surface area (Å²) in [5.74, 6) is 2.24. The molecule has 2 aromatic rings. The number of aryl methyl sites for hydroxylation is 2. The molecule has 4 heteroatoms. The van der Waals surface area contributed by atoms with Crippen LogP contribution in [0.2, 0.25) is 0 Å². The summed E-state index contributed by atoms with van der Waals surface area (Å²) in [7, 11) is 0. The second-order valence-corrected chi connectivity index (χ2v) is 5.67. The number of halogens is 1. The molecule has 1 saturated carbocycles. The van der Waals surface area contributed by atoms with Gasteiger partial charge in [0.25, 0.3) is 0 Å². The molecule has 0 radical (unpaired) electrons. The molecular weight excluding hydrogens is 302 g/mol. The Morgan fingerprint density at radius 2 is 1.79 bits per heavy atom. The van der Waals surface area contributed by atoms with E-state index in [1.54, 1.807) is 0 Å². The highest BCUT2D eigenvalue weighted by atomic mass is 79.9. The van der Waals surface area contributed by atoms with Gasteiger partial charge in [-0.1, -0.05) is 46.3 Å². The van der Waals surface area contributed by atoms with Gasteiger partial charge in [0.05, 0.1) is 5.33 Å². The van der Waals surface area contributed by atoms with Crippen LogP contribution in [0.5, 0.6) is 0 Å². The molecule has 0 N–H and O–H groups in total. The molecule has 0 unspecified atom stereocenters. The van der Waals surface area contributed by atoms with Crippen LogP contribution in [0.25, 0.3) is 0 Å². The SMILES string of the molecule is BrCc1nnc(CCCc2ccccc2)n1C1CC1. The first-order valence-corrected chi connectivity index (χ1v) is 8.03. The zero-order valence-corrected chi connectivity index (χ0v) is 12.5. The number of aromatic nitrogens is 3. The summed E-state index contributed by atoms with van der Waals surface area (Å²) in [5.41, 5.74) is 1.40. The van der Waals surface area contributed by atoms with Crippen molar-refractivity contribution in [3.63, 3.8) is 0 Å². The van der Waals surface area contributed by atoms with Crippen molar-refractivity contribution in [2.24, 2.45) is 0 Å². The Kier molecular flexibility index (Phi) is 3.97. The van der Waals surface area contributed by atoms with Crippen molar-refractivity contribution in [2.45, 2.75) is 43.5 Å². The van der Waals surface area contributed by atoms with Crippen molar-refractivity contribution in [2.75, 3.05) is 0 Å². The molecule has 1 aliphatic carbocycles. The van der Waals surface area contributed by atoms with E-state index in [1.807, 2.05) is 0 Å². The quantitative estimate of drug-likeness (QED) is 0.760. The maximum atomic E-state index is 4.36. The molecule has 1 aromatic carbocycles. The second kappa shape index (κ2) is 5.87. The minimum absolute atomic E-state index is 0.661. The number of hydrogen-bond acceptors (Lipinski definition) is 2. The van der Waals surface area contributed by atoms with Crippen LogP contribution >= 0.6 is 15.9 Å². The van der Waals surface area contributed by atoms with Gasteiger partial charge in [0.1, 0.15) is 11.6 Å². The summed E-state index contributed by atoms with van der Waals surface area (Å²) in [6, 6.07) is 11.3. The molecule has 1 heterocycles. The summed E-state index contributed by atoms with van der Waals surface area (Å²) in [6.07, 6.45) is 5.83. The lowest BCUT2D eigenvalue weighted by molar-refractivity contribution is 0.640. The minimum atomic E-state index is 0.661. The van der Waals surface area contributed by atoms with Gasteiger partial charge in [0.15, 0.2) is 0 Å². The van der Waals surface area contributed by atoms with Crippen LogP contribution in [0, 0.1) is 0 Å². The normalized spacial score (nSPS) is 14.8. The minimum Gasteiger partial charge on any atom is -0.311 e. The van der Waals surface area contributed by atoms with Crippen LogP contribution in [0.3, 0.4) is 0 Å². The summed E-state index contributed by atoms with van der Waals surface area (Å²) >= 11 is 3.50. The Labute approximate surface area is 122 Å². The van der Waals surface area contributed by atoms with E-state index < -0.39 is 0 Å². The molecule has 3 rings (SSSR count). The van der Waals surface area contributed by atoms with Gasteiger partial charge in [-0.15, -0.1) is 10.2 Å². The summed E-state index contributed by atoms with van der Waals surface area (Å²) < 4.78 is 2.35. The van der Waals surface area contributed by atoms with Crippen molar-refractivity contribution in [3.8, 4) is 0 Å². The van der Waals surface area contributed by atoms with E-state index in [0.29, 0.717) is 6.04 Å². The molecular formula is C15H18BrN3. The van der Waals surface area contributed by atoms with E-state index in [9.17, 15) is 0 Å². The van der Waals surface area contributed by atoms with E-state index in [4.69, 9.17) is 0 Å². The van der Waals surface area contributed by atoms with E-state index in [1.165, 1.54) is 18.4 Å². The molecule has 0 amide bonds. The molecule has 1 aliphatic rings. The fourth-order valence-electron chi connectivity index (χ4n) is 2.47. The molecule has 0 bridgehead atoms. The summed E-state index contributed by atoms with van der Waals surface area (Å²) in [6.45, 7) is 0. The predicted octanol–water partition coefficient (Wildman–Crippen LogP) is 3.68. The Hall–Kier alpha value is -1.16. The fourth-order valence-corrected chi connectivity index (χ4v) is 2.85. The van der Waals surface area contributed by atoms with E-state index in [0.717, 1.165) is 36.2 Å². The number of alkyl halides is 1. The molecule has 100 valence electrons. The first-order valence-electron chi connectivity index (χ1n) is 6.91. The first-order chi connectivity index (χ1) is 9.38. The standard InChI is InChI=1S/C15H18BrN3/c16-11-15-18-17-14(19(15)13-9-10-13)8-4-7-12-5-2-1-3-6-12/h1-3,5-6,13H,4,7-11H2. The van der Waals surface area contributed by atoms with Crippen LogP contribution in [0.15, 0.2) is 30.3 Å². The predicted molar refractivity (Wildman–Crippen MR) is 79.4 cm³/mol. The van der Waals surface area contributed by atoms with Crippen LogP contribution in [0.4, 0.5) is 0 Å². The highest BCUT2D eigenvalue weighted by molar-refractivity contribution is 9.08. The Morgan fingerprint density at radius 1 is 1.05 bits per heavy atom. The van der Waals surface area contributed by atoms with Crippen molar-refractivity contribution < 1.29 is 0 Å². The zero-order valence-electron chi connectivity index (χ0n) is 10.9. The van der Waals surface area contributed by atoms with Crippen molar-refractivity contribution in [3.05, 3.63) is 47.5 Å². The summed E-state index contributed by atoms with van der Waals surface area (Å²) in [4.78, 5) is 0. The molecule has 1 fully saturated rings. The van der Waals surface area contributed by atoms with Crippen LogP contribution < -0.4 is 0 Å². The summed E-state index contributed by atoms with van der Waals surface area (Å²) in [5, 5.41) is 9.45. The third kappa shape index (κ3) is 3.06. The van der Waals surface area contributed by atoms with E-state index in [-0.39, 0.29) is 0 Å². The largest absolute Gasteiger partial charge is 0.311 e. The molecule has 0 spiro atoms. The highest BCUT2D eigenvalue weighted by Crippen LogP contribution is 2.37. The molecule has 3 nitrogen and oxygen atoms in total. The van der Waals surface area contributed by atoms with E-state index in [2.05, 4.69) is 61.0 Å². The highest BCUT2D eigenvalue weighted by Gasteiger charge is 2.28. The van der Waals surface area contributed by atoms with Crippen LogP contribution in [-0.4, -0.2) is 14.8 Å². The topological polar surface area (TPSA) is 30.7 Å². The van der Waals surface area contributed by atoms with Gasteiger partial charge >= 0.3 is 0 Å². The third-order valence-electron chi connectivity index (χ3n) is 3.58. The molecule has 19 heavy (non-hydrogen) atoms. The fraction of sp³-hybridized carbons (Fsp3) is 0.467. The first kappa shape index (κ1) is 12.9. The zero-order chi connectivity index (χ0) is 13.1. The molecule has 0 aliphatic heterocycles. The second-order valence-electron chi connectivity index (χ2n) is 5.11. The van der Waals surface area contributed by atoms with Crippen molar-refractivity contribution >= 4 is 15.9 Å². The number of rotatable bonds is 6. The van der Waals surface area contributed by atoms with Crippen LogP contribution in [-0.2, 0) is 18.2 Å². The third-order valence-corrected chi connectivity index (χ3v) is 4.08. The van der Waals surface area contributed by atoms with E-state index >= 15 is 0 Å². The monoisotopic (exact) mass is 319 g/mol. The number of benzene rings is 1. The van der Waals surface area contributed by atoms with Gasteiger partial charge in [-0.2, -0.15) is 0 Å². The Balaban J connectivity index is 1.62. The van der Waals surface area contributed by atoms with Gasteiger partial charge in [-0.25, -0.2) is 0 Å². The Bertz CT molecular complexity index is 532. The Morgan fingerprint density at radius 3 is 2.47 bits per heavy atom. The molecule has 0 atom stereocenters. The maximum Gasteiger partial charge on any atom is 0.143 e. The van der Waals surface area contributed by atoms with Gasteiger partial charge in [0.2, 0.25) is 0 Å². The van der Waals surface area contributed by atoms with Gasteiger partial charge < -0.3 is 4.57 Å². The smallest absolute Gasteiger partial charge is 0.143 e. The van der Waals surface area contributed by atoms with Gasteiger partial charge in [0, 0.05) is 12.5 Å². The lowest BCUT2D eigenvalue weighted by Gasteiger charge is -2.07. The van der Waals surface area contributed by atoms with Crippen LogP contribution in [0.1, 0.15) is 42.5 Å². The number of hydrogen-bond donors (Lipinski definition) is 0. The van der Waals surface area contributed by atoms with Gasteiger partial charge in [-0.3, -0.25) is 0 Å². The molecule has 1 aromatic heterocycles. The maximum absolute atomic E-state index is 4.36. The number of nitrogens with zero attached hydrogens (tertiary/aromatic N) is 3. The average Bonchev–Trinajstić information content (AvgIpc) is 3.21. The van der Waals surface area contributed by atoms with Gasteiger partial charge in [-0.05, 0) is 31.2 Å². The molecule has 0 saturated heterocycles. The van der Waals surface area contributed by atoms with Crippen molar-refractivity contribution in [1.82, 2.24) is 14.8 Å². The lowest BCUT2D eigenvalue weighted by atomic mass is 10.1. The average molecular weight is 320 g/mol.